The van der Waals surface area contributed by atoms with Crippen molar-refractivity contribution in [2.24, 2.45) is 0 Å². The van der Waals surface area contributed by atoms with E-state index in [-0.39, 0.29) is 22.1 Å². The van der Waals surface area contributed by atoms with Crippen molar-refractivity contribution < 1.29 is 14.8 Å². The Bertz CT molecular complexity index is 684. The van der Waals surface area contributed by atoms with Gasteiger partial charge in [-0.3, -0.25) is 14.9 Å². The molecule has 8 heteroatoms. The van der Waals surface area contributed by atoms with Crippen LogP contribution in [0.3, 0.4) is 0 Å². The van der Waals surface area contributed by atoms with Gasteiger partial charge in [-0.1, -0.05) is 6.07 Å². The van der Waals surface area contributed by atoms with E-state index in [1.165, 1.54) is 13.0 Å². The Morgan fingerprint density at radius 1 is 1.43 bits per heavy atom. The SMILES string of the molecule is CC(=O)C1=C(C)NC(=S)N[C@@H]1c1cc([N+](=O)[O-])ccc1[O-]. The number of rotatable bonds is 3. The molecule has 1 aromatic rings. The van der Waals surface area contributed by atoms with Crippen LogP contribution in [0.2, 0.25) is 0 Å². The van der Waals surface area contributed by atoms with Crippen LogP contribution in [0.1, 0.15) is 25.5 Å². The fourth-order valence-corrected chi connectivity index (χ4v) is 2.54. The van der Waals surface area contributed by atoms with Gasteiger partial charge in [-0.2, -0.15) is 0 Å². The minimum atomic E-state index is -0.788. The summed E-state index contributed by atoms with van der Waals surface area (Å²) >= 11 is 5.02. The van der Waals surface area contributed by atoms with E-state index in [9.17, 15) is 20.0 Å². The second kappa shape index (κ2) is 5.49. The number of benzene rings is 1. The first-order valence-corrected chi connectivity index (χ1v) is 6.46. The molecule has 1 atom stereocenters. The minimum Gasteiger partial charge on any atom is -0.872 e. The molecule has 21 heavy (non-hydrogen) atoms. The third-order valence-electron chi connectivity index (χ3n) is 3.16. The molecule has 0 bridgehead atoms. The van der Waals surface area contributed by atoms with E-state index in [0.717, 1.165) is 12.1 Å². The lowest BCUT2D eigenvalue weighted by Crippen LogP contribution is -2.44. The Morgan fingerprint density at radius 3 is 2.67 bits per heavy atom. The molecular weight excluding hydrogens is 294 g/mol. The van der Waals surface area contributed by atoms with E-state index < -0.39 is 16.7 Å². The summed E-state index contributed by atoms with van der Waals surface area (Å²) in [6.45, 7) is 3.03. The zero-order valence-electron chi connectivity index (χ0n) is 11.3. The maximum atomic E-state index is 12.0. The van der Waals surface area contributed by atoms with Gasteiger partial charge in [0.15, 0.2) is 10.9 Å². The number of nitro groups is 1. The summed E-state index contributed by atoms with van der Waals surface area (Å²) in [7, 11) is 0. The molecule has 7 nitrogen and oxygen atoms in total. The molecule has 2 rings (SSSR count). The van der Waals surface area contributed by atoms with Gasteiger partial charge >= 0.3 is 0 Å². The number of nitro benzene ring substituents is 1. The van der Waals surface area contributed by atoms with Crippen LogP contribution in [0.15, 0.2) is 29.5 Å². The van der Waals surface area contributed by atoms with Crippen LogP contribution in [0.25, 0.3) is 0 Å². The van der Waals surface area contributed by atoms with Gasteiger partial charge < -0.3 is 15.7 Å². The minimum absolute atomic E-state index is 0.123. The van der Waals surface area contributed by atoms with E-state index in [1.807, 2.05) is 0 Å². The monoisotopic (exact) mass is 306 g/mol. The number of thiocarbonyl (C=S) groups is 1. The summed E-state index contributed by atoms with van der Waals surface area (Å²) in [6.07, 6.45) is 0. The maximum Gasteiger partial charge on any atom is 0.269 e. The van der Waals surface area contributed by atoms with Crippen LogP contribution in [0, 0.1) is 10.1 Å². The molecular formula is C13H12N3O4S-. The summed E-state index contributed by atoms with van der Waals surface area (Å²) in [5, 5.41) is 28.8. The van der Waals surface area contributed by atoms with Crippen molar-refractivity contribution in [1.82, 2.24) is 10.6 Å². The van der Waals surface area contributed by atoms with Crippen LogP contribution in [0.5, 0.6) is 5.75 Å². The molecule has 0 amide bonds. The van der Waals surface area contributed by atoms with E-state index in [2.05, 4.69) is 10.6 Å². The first-order chi connectivity index (χ1) is 9.81. The second-order valence-corrected chi connectivity index (χ2v) is 5.01. The molecule has 0 unspecified atom stereocenters. The fraction of sp³-hybridized carbons (Fsp3) is 0.231. The molecule has 1 aliphatic rings. The number of carbonyl (C=O) groups is 1. The average molecular weight is 306 g/mol. The Labute approximate surface area is 125 Å². The maximum absolute atomic E-state index is 12.0. The number of non-ortho nitro benzene ring substituents is 1. The topological polar surface area (TPSA) is 107 Å². The lowest BCUT2D eigenvalue weighted by Gasteiger charge is -2.32. The average Bonchev–Trinajstić information content (AvgIpc) is 2.37. The number of hydrogen-bond acceptors (Lipinski definition) is 5. The fourth-order valence-electron chi connectivity index (χ4n) is 2.27. The largest absolute Gasteiger partial charge is 0.872 e. The second-order valence-electron chi connectivity index (χ2n) is 4.61. The van der Waals surface area contributed by atoms with Crippen molar-refractivity contribution in [3.05, 3.63) is 45.1 Å². The predicted octanol–water partition coefficient (Wildman–Crippen LogP) is 1.05. The third-order valence-corrected chi connectivity index (χ3v) is 3.38. The molecule has 0 aromatic heterocycles. The van der Waals surface area contributed by atoms with Crippen molar-refractivity contribution in [2.75, 3.05) is 0 Å². The summed E-state index contributed by atoms with van der Waals surface area (Å²) in [4.78, 5) is 22.1. The molecule has 1 aliphatic heterocycles. The lowest BCUT2D eigenvalue weighted by atomic mass is 9.92. The van der Waals surface area contributed by atoms with E-state index in [4.69, 9.17) is 12.2 Å². The smallest absolute Gasteiger partial charge is 0.269 e. The van der Waals surface area contributed by atoms with E-state index in [1.54, 1.807) is 6.92 Å². The Balaban J connectivity index is 2.60. The highest BCUT2D eigenvalue weighted by molar-refractivity contribution is 7.80. The van der Waals surface area contributed by atoms with Crippen LogP contribution >= 0.6 is 12.2 Å². The van der Waals surface area contributed by atoms with Crippen LogP contribution in [0.4, 0.5) is 5.69 Å². The molecule has 0 spiro atoms. The number of Topliss-reactive ketones (excluding diaryl/α,β-unsaturated/α-hetero) is 1. The van der Waals surface area contributed by atoms with Crippen LogP contribution < -0.4 is 15.7 Å². The van der Waals surface area contributed by atoms with Gasteiger partial charge in [-0.25, -0.2) is 0 Å². The van der Waals surface area contributed by atoms with Gasteiger partial charge in [0.2, 0.25) is 0 Å². The highest BCUT2D eigenvalue weighted by Crippen LogP contribution is 2.33. The molecule has 1 aromatic carbocycles. The Morgan fingerprint density at radius 2 is 2.10 bits per heavy atom. The first-order valence-electron chi connectivity index (χ1n) is 6.06. The normalized spacial score (nSPS) is 18.0. The van der Waals surface area contributed by atoms with Gasteiger partial charge in [0, 0.05) is 23.4 Å². The molecule has 2 N–H and O–H groups in total. The number of hydrogen-bond donors (Lipinski definition) is 2. The molecule has 0 aliphatic carbocycles. The zero-order valence-corrected chi connectivity index (χ0v) is 12.1. The van der Waals surface area contributed by atoms with Gasteiger partial charge in [0.05, 0.1) is 11.0 Å². The summed E-state index contributed by atoms with van der Waals surface area (Å²) in [5.41, 5.74) is 0.775. The van der Waals surface area contributed by atoms with Crippen molar-refractivity contribution in [3.63, 3.8) is 0 Å². The number of ketones is 1. The van der Waals surface area contributed by atoms with Crippen LogP contribution in [-0.2, 0) is 4.79 Å². The van der Waals surface area contributed by atoms with Gasteiger partial charge in [-0.15, -0.1) is 5.75 Å². The van der Waals surface area contributed by atoms with E-state index >= 15 is 0 Å². The highest BCUT2D eigenvalue weighted by atomic mass is 32.1. The van der Waals surface area contributed by atoms with Crippen LogP contribution in [-0.4, -0.2) is 15.8 Å². The number of nitrogens with one attached hydrogen (secondary N) is 2. The summed E-state index contributed by atoms with van der Waals surface area (Å²) in [6, 6.07) is 2.64. The third kappa shape index (κ3) is 2.84. The summed E-state index contributed by atoms with van der Waals surface area (Å²) < 4.78 is 0. The molecule has 0 saturated carbocycles. The molecule has 110 valence electrons. The van der Waals surface area contributed by atoms with Gasteiger partial charge in [-0.05, 0) is 31.6 Å². The van der Waals surface area contributed by atoms with Crippen molar-refractivity contribution in [1.29, 1.82) is 0 Å². The lowest BCUT2D eigenvalue weighted by molar-refractivity contribution is -0.385. The molecule has 0 fully saturated rings. The molecule has 0 radical (unpaired) electrons. The predicted molar refractivity (Wildman–Crippen MR) is 77.5 cm³/mol. The zero-order chi connectivity index (χ0) is 15.7. The summed E-state index contributed by atoms with van der Waals surface area (Å²) in [5.74, 6) is -0.639. The molecule has 1 heterocycles. The van der Waals surface area contributed by atoms with Gasteiger partial charge in [0.25, 0.3) is 5.69 Å². The highest BCUT2D eigenvalue weighted by Gasteiger charge is 2.28. The Kier molecular flexibility index (Phi) is 3.90. The number of nitrogens with zero attached hydrogens (tertiary/aromatic N) is 1. The van der Waals surface area contributed by atoms with Gasteiger partial charge in [0.1, 0.15) is 0 Å². The molecule has 0 saturated heterocycles. The number of allylic oxidation sites excluding steroid dienone is 1. The number of carbonyl (C=O) groups excluding carboxylic acids is 1. The van der Waals surface area contributed by atoms with Crippen molar-refractivity contribution in [3.8, 4) is 5.75 Å². The van der Waals surface area contributed by atoms with Crippen molar-refractivity contribution in [2.45, 2.75) is 19.9 Å². The quantitative estimate of drug-likeness (QED) is 0.488. The first kappa shape index (κ1) is 14.9. The standard InChI is InChI=1S/C13H13N3O4S/c1-6-11(7(2)17)12(15-13(21)14-6)9-5-8(16(19)20)3-4-10(9)18/h3-5,12,18H,1-2H3,(H2,14,15,21)/p-1/t12-/m1/s1. The van der Waals surface area contributed by atoms with E-state index in [0.29, 0.717) is 11.3 Å². The van der Waals surface area contributed by atoms with Crippen molar-refractivity contribution >= 4 is 28.8 Å². The Hall–Kier alpha value is -2.48.